The molecule has 2 aliphatic heterocycles. The Bertz CT molecular complexity index is 2140. The Morgan fingerprint density at radius 3 is 2.59 bits per heavy atom. The Morgan fingerprint density at radius 1 is 0.980 bits per heavy atom. The van der Waals surface area contributed by atoms with Crippen LogP contribution in [0.3, 0.4) is 0 Å². The van der Waals surface area contributed by atoms with Gasteiger partial charge in [0.15, 0.2) is 17.4 Å². The highest BCUT2D eigenvalue weighted by atomic mass is 19.1. The second-order valence-electron chi connectivity index (χ2n) is 13.2. The molecule has 3 aliphatic rings. The number of carbonyl (C=O) groups is 2. The number of nitrogens with one attached hydrogen (secondary N) is 1. The van der Waals surface area contributed by atoms with Crippen LogP contribution < -0.4 is 9.64 Å². The summed E-state index contributed by atoms with van der Waals surface area (Å²) in [5, 5.41) is 8.33. The zero-order valence-electron chi connectivity index (χ0n) is 28.2. The van der Waals surface area contributed by atoms with Gasteiger partial charge in [0.05, 0.1) is 31.6 Å². The zero-order chi connectivity index (χ0) is 35.1. The number of aromatic amines is 1. The lowest BCUT2D eigenvalue weighted by atomic mass is 9.93. The van der Waals surface area contributed by atoms with E-state index in [9.17, 15) is 14.0 Å². The van der Waals surface area contributed by atoms with Gasteiger partial charge in [-0.3, -0.25) is 19.3 Å². The largest absolute Gasteiger partial charge is 0.493 e. The van der Waals surface area contributed by atoms with Crippen molar-refractivity contribution in [1.82, 2.24) is 39.7 Å². The second kappa shape index (κ2) is 13.6. The van der Waals surface area contributed by atoms with Crippen molar-refractivity contribution in [1.29, 1.82) is 0 Å². The van der Waals surface area contributed by atoms with E-state index in [1.807, 2.05) is 23.2 Å². The van der Waals surface area contributed by atoms with Gasteiger partial charge >= 0.3 is 0 Å². The van der Waals surface area contributed by atoms with Crippen LogP contribution in [0.25, 0.3) is 27.6 Å². The Labute approximate surface area is 292 Å². The summed E-state index contributed by atoms with van der Waals surface area (Å²) in [7, 11) is 1.47. The van der Waals surface area contributed by atoms with Crippen LogP contribution in [0.1, 0.15) is 53.2 Å². The molecule has 262 valence electrons. The van der Waals surface area contributed by atoms with E-state index in [-0.39, 0.29) is 36.0 Å². The van der Waals surface area contributed by atoms with Crippen molar-refractivity contribution in [3.05, 3.63) is 89.8 Å². The van der Waals surface area contributed by atoms with Crippen LogP contribution in [-0.2, 0) is 11.3 Å². The lowest BCUT2D eigenvalue weighted by Gasteiger charge is -2.35. The highest BCUT2D eigenvalue weighted by molar-refractivity contribution is 6.04. The number of anilines is 1. The Kier molecular flexibility index (Phi) is 8.66. The molecule has 2 fully saturated rings. The van der Waals surface area contributed by atoms with Crippen LogP contribution in [0.2, 0.25) is 0 Å². The van der Waals surface area contributed by atoms with Gasteiger partial charge < -0.3 is 24.4 Å². The fourth-order valence-corrected chi connectivity index (χ4v) is 7.06. The summed E-state index contributed by atoms with van der Waals surface area (Å²) >= 11 is 0. The third kappa shape index (κ3) is 6.53. The lowest BCUT2D eigenvalue weighted by Crippen LogP contribution is -2.49. The number of hydrogen-bond acceptors (Lipinski definition) is 8. The third-order valence-electron chi connectivity index (χ3n) is 9.96. The minimum absolute atomic E-state index is 0.0411. The molecule has 1 N–H and O–H groups in total. The van der Waals surface area contributed by atoms with Crippen LogP contribution >= 0.6 is 0 Å². The van der Waals surface area contributed by atoms with Crippen LogP contribution in [0.15, 0.2) is 61.3 Å². The molecule has 12 nitrogen and oxygen atoms in total. The summed E-state index contributed by atoms with van der Waals surface area (Å²) in [6.45, 7) is 2.93. The van der Waals surface area contributed by atoms with E-state index in [0.29, 0.717) is 79.7 Å². The third-order valence-corrected chi connectivity index (χ3v) is 9.96. The molecule has 0 spiro atoms. The number of halogens is 2. The molecule has 1 aliphatic carbocycles. The Morgan fingerprint density at radius 2 is 1.82 bits per heavy atom. The number of piperazine rings is 1. The smallest absolute Gasteiger partial charge is 0.270 e. The van der Waals surface area contributed by atoms with Crippen LogP contribution in [0.5, 0.6) is 5.75 Å². The predicted octanol–water partition coefficient (Wildman–Crippen LogP) is 5.05. The van der Waals surface area contributed by atoms with Gasteiger partial charge in [0.25, 0.3) is 5.91 Å². The summed E-state index contributed by atoms with van der Waals surface area (Å²) in [5.41, 5.74) is 4.37. The zero-order valence-corrected chi connectivity index (χ0v) is 28.2. The molecule has 0 radical (unpaired) electrons. The summed E-state index contributed by atoms with van der Waals surface area (Å²) < 4.78 is 37.4. The number of hydrogen-bond donors (Lipinski definition) is 1. The van der Waals surface area contributed by atoms with Gasteiger partial charge in [-0.15, -0.1) is 5.10 Å². The molecule has 51 heavy (non-hydrogen) atoms. The number of pyridine rings is 2. The van der Waals surface area contributed by atoms with Gasteiger partial charge in [0, 0.05) is 86.9 Å². The molecule has 6 heterocycles. The first-order chi connectivity index (χ1) is 24.9. The van der Waals surface area contributed by atoms with Gasteiger partial charge in [-0.25, -0.2) is 13.8 Å². The van der Waals surface area contributed by atoms with Gasteiger partial charge in [-0.1, -0.05) is 11.3 Å². The molecule has 1 saturated heterocycles. The van der Waals surface area contributed by atoms with E-state index >= 15 is 4.39 Å². The monoisotopic (exact) mass is 693 g/mol. The molecule has 1 saturated carbocycles. The number of ether oxygens (including phenoxy) is 1. The molecule has 1 aromatic carbocycles. The topological polar surface area (TPSA) is 125 Å². The number of methoxy groups -OCH3 is 1. The molecule has 0 bridgehead atoms. The number of aryl methyl sites for hydroxylation is 1. The molecule has 14 heteroatoms. The number of carbonyl (C=O) groups excluding carboxylic acids is 2. The summed E-state index contributed by atoms with van der Waals surface area (Å²) in [4.78, 5) is 44.5. The number of aromatic nitrogens is 6. The first-order valence-electron chi connectivity index (χ1n) is 17.2. The molecular weight excluding hydrogens is 656 g/mol. The summed E-state index contributed by atoms with van der Waals surface area (Å²) in [6, 6.07) is 6.97. The number of H-pyrrole nitrogens is 1. The lowest BCUT2D eigenvalue weighted by molar-refractivity contribution is -0.131. The summed E-state index contributed by atoms with van der Waals surface area (Å²) in [6.07, 6.45) is 13.2. The van der Waals surface area contributed by atoms with Crippen molar-refractivity contribution < 1.29 is 23.1 Å². The molecule has 0 atom stereocenters. The molecular formula is C37H37F2N9O3. The maximum atomic E-state index is 16.7. The van der Waals surface area contributed by atoms with Crippen LogP contribution in [-0.4, -0.2) is 97.9 Å². The number of fused-ring (bicyclic) bond motifs is 1. The van der Waals surface area contributed by atoms with Crippen molar-refractivity contribution in [3.8, 4) is 16.9 Å². The van der Waals surface area contributed by atoms with Crippen molar-refractivity contribution in [2.75, 3.05) is 51.3 Å². The van der Waals surface area contributed by atoms with Crippen molar-refractivity contribution in [2.24, 2.45) is 0 Å². The quantitative estimate of drug-likeness (QED) is 0.228. The van der Waals surface area contributed by atoms with Gasteiger partial charge in [0.1, 0.15) is 11.5 Å². The van der Waals surface area contributed by atoms with Gasteiger partial charge in [-0.05, 0) is 60.1 Å². The van der Waals surface area contributed by atoms with Gasteiger partial charge in [0.2, 0.25) is 5.91 Å². The average Bonchev–Trinajstić information content (AvgIpc) is 3.69. The van der Waals surface area contributed by atoms with Crippen LogP contribution in [0.4, 0.5) is 14.6 Å². The molecule has 2 amide bonds. The summed E-state index contributed by atoms with van der Waals surface area (Å²) in [5.74, 6) is 0.0724. The highest BCUT2D eigenvalue weighted by Gasteiger charge is 2.29. The minimum Gasteiger partial charge on any atom is -0.493 e. The fraction of sp³-hybridized carbons (Fsp3) is 0.351. The van der Waals surface area contributed by atoms with E-state index in [4.69, 9.17) is 4.74 Å². The number of rotatable bonds is 9. The predicted molar refractivity (Wildman–Crippen MR) is 186 cm³/mol. The van der Waals surface area contributed by atoms with Crippen molar-refractivity contribution >= 4 is 34.1 Å². The maximum Gasteiger partial charge on any atom is 0.270 e. The van der Waals surface area contributed by atoms with Crippen molar-refractivity contribution in [3.63, 3.8) is 0 Å². The number of amides is 2. The van der Waals surface area contributed by atoms with E-state index < -0.39 is 11.6 Å². The number of nitrogens with zero attached hydrogens (tertiary/aromatic N) is 8. The van der Waals surface area contributed by atoms with Gasteiger partial charge in [-0.2, -0.15) is 0 Å². The second-order valence-corrected chi connectivity index (χ2v) is 13.2. The standard InChI is InChI=1S/C37H37F2N9O3/c1-51-32-16-27(38)21-41-36(32)45-11-13-46(14-12-45)37(50)31-18-30-28(26-15-25(19-40-20-26)23-4-5-23)17-29(34(39)35(30)43-31)24-3-2-8-47(22-24)33(49)6-9-48-10-7-42-44-48/h3,7,10,15-21,23,43H,2,4-6,8-9,11-14,22H2,1H3. The average molecular weight is 694 g/mol. The number of benzene rings is 1. The van der Waals surface area contributed by atoms with E-state index in [2.05, 4.69) is 31.3 Å². The maximum absolute atomic E-state index is 16.7. The first-order valence-corrected chi connectivity index (χ1v) is 17.2. The first kappa shape index (κ1) is 32.5. The normalized spacial score (nSPS) is 16.5. The van der Waals surface area contributed by atoms with Crippen molar-refractivity contribution in [2.45, 2.75) is 38.1 Å². The fourth-order valence-electron chi connectivity index (χ4n) is 7.06. The molecule has 4 aromatic heterocycles. The molecule has 0 unspecified atom stereocenters. The Hall–Kier alpha value is -5.66. The SMILES string of the molecule is COc1cc(F)cnc1N1CCN(C(=O)c2cc3c(-c4cncc(C5CC5)c4)cc(C4=CCCN(C(=O)CCn5ccnn5)C4)c(F)c3[nH]2)CC1. The van der Waals surface area contributed by atoms with E-state index in [1.165, 1.54) is 13.2 Å². The molecule has 5 aromatic rings. The Balaban J connectivity index is 1.09. The molecule has 8 rings (SSSR count). The highest BCUT2D eigenvalue weighted by Crippen LogP contribution is 2.42. The minimum atomic E-state index is -0.488. The van der Waals surface area contributed by atoms with E-state index in [1.54, 1.807) is 39.1 Å². The van der Waals surface area contributed by atoms with Crippen LogP contribution in [0, 0.1) is 11.6 Å². The van der Waals surface area contributed by atoms with E-state index in [0.717, 1.165) is 35.7 Å².